The van der Waals surface area contributed by atoms with Crippen LogP contribution < -0.4 is 10.6 Å². The van der Waals surface area contributed by atoms with Gasteiger partial charge in [0.2, 0.25) is 5.91 Å². The molecule has 2 N–H and O–H groups in total. The summed E-state index contributed by atoms with van der Waals surface area (Å²) in [5, 5.41) is 6.51. The summed E-state index contributed by atoms with van der Waals surface area (Å²) in [5.41, 5.74) is 3.63. The molecule has 1 saturated heterocycles. The van der Waals surface area contributed by atoms with Crippen LogP contribution in [0.15, 0.2) is 30.5 Å². The second kappa shape index (κ2) is 6.23. The molecular formula is C21H26N4O. The molecule has 1 aromatic carbocycles. The Bertz CT molecular complexity index is 817. The second-order valence-corrected chi connectivity index (χ2v) is 8.12. The number of carbonyl (C=O) groups is 1. The molecule has 2 fully saturated rings. The minimum atomic E-state index is 0.192. The number of nitrogens with one attached hydrogen (secondary N) is 2. The van der Waals surface area contributed by atoms with Crippen molar-refractivity contribution in [3.05, 3.63) is 36.2 Å². The lowest BCUT2D eigenvalue weighted by molar-refractivity contribution is -0.118. The molecule has 3 heterocycles. The van der Waals surface area contributed by atoms with E-state index in [1.807, 2.05) is 18.3 Å². The number of carbonyl (C=O) groups excluding carboxylic acids is 1. The highest BCUT2D eigenvalue weighted by atomic mass is 16.2. The van der Waals surface area contributed by atoms with Gasteiger partial charge in [-0.05, 0) is 81.3 Å². The van der Waals surface area contributed by atoms with Crippen molar-refractivity contribution >= 4 is 11.6 Å². The normalized spacial score (nSPS) is 23.5. The number of anilines is 1. The van der Waals surface area contributed by atoms with Crippen molar-refractivity contribution < 1.29 is 4.79 Å². The van der Waals surface area contributed by atoms with E-state index in [1.165, 1.54) is 18.5 Å². The molecule has 0 bridgehead atoms. The van der Waals surface area contributed by atoms with Crippen molar-refractivity contribution in [2.75, 3.05) is 18.4 Å². The first kappa shape index (κ1) is 16.1. The molecule has 26 heavy (non-hydrogen) atoms. The number of piperidine rings is 1. The number of hydrogen-bond acceptors (Lipinski definition) is 3. The van der Waals surface area contributed by atoms with Gasteiger partial charge in [0.25, 0.3) is 0 Å². The summed E-state index contributed by atoms with van der Waals surface area (Å²) in [6, 6.07) is 8.17. The van der Waals surface area contributed by atoms with Crippen molar-refractivity contribution in [1.82, 2.24) is 14.9 Å². The maximum Gasteiger partial charge on any atom is 0.228 e. The van der Waals surface area contributed by atoms with Crippen LogP contribution in [0.2, 0.25) is 0 Å². The Morgan fingerprint density at radius 3 is 2.81 bits per heavy atom. The van der Waals surface area contributed by atoms with Crippen molar-refractivity contribution in [2.45, 2.75) is 45.1 Å². The van der Waals surface area contributed by atoms with Crippen LogP contribution in [-0.4, -0.2) is 28.5 Å². The molecule has 1 aliphatic carbocycles. The van der Waals surface area contributed by atoms with Crippen LogP contribution in [0.1, 0.15) is 37.8 Å². The van der Waals surface area contributed by atoms with Crippen LogP contribution in [0.3, 0.4) is 0 Å². The molecule has 1 amide bonds. The van der Waals surface area contributed by atoms with Crippen molar-refractivity contribution in [2.24, 2.45) is 11.3 Å². The number of fused-ring (bicyclic) bond motifs is 1. The first-order chi connectivity index (χ1) is 12.8. The van der Waals surface area contributed by atoms with Gasteiger partial charge in [0, 0.05) is 35.6 Å². The lowest BCUT2D eigenvalue weighted by Crippen LogP contribution is -2.31. The van der Waals surface area contributed by atoms with Gasteiger partial charge >= 0.3 is 0 Å². The fourth-order valence-electron chi connectivity index (χ4n) is 4.79. The molecule has 1 atom stereocenters. The van der Waals surface area contributed by atoms with Crippen LogP contribution in [0.5, 0.6) is 0 Å². The lowest BCUT2D eigenvalue weighted by atomic mass is 9.92. The zero-order valence-electron chi connectivity index (χ0n) is 15.1. The van der Waals surface area contributed by atoms with Crippen LogP contribution in [0.4, 0.5) is 5.69 Å². The minimum absolute atomic E-state index is 0.192. The van der Waals surface area contributed by atoms with Gasteiger partial charge in [-0.15, -0.1) is 0 Å². The highest BCUT2D eigenvalue weighted by Gasteiger charge is 2.57. The smallest absolute Gasteiger partial charge is 0.228 e. The Morgan fingerprint density at radius 2 is 2.00 bits per heavy atom. The van der Waals surface area contributed by atoms with Gasteiger partial charge in [0.05, 0.1) is 0 Å². The Morgan fingerprint density at radius 1 is 1.19 bits per heavy atom. The molecule has 1 unspecified atom stereocenters. The molecule has 5 heteroatoms. The largest absolute Gasteiger partial charge is 0.328 e. The Kier molecular flexibility index (Phi) is 3.85. The quantitative estimate of drug-likeness (QED) is 0.894. The fraction of sp³-hybridized carbons (Fsp3) is 0.524. The summed E-state index contributed by atoms with van der Waals surface area (Å²) >= 11 is 0. The third kappa shape index (κ3) is 2.75. The van der Waals surface area contributed by atoms with E-state index in [9.17, 15) is 4.79 Å². The number of aromatic nitrogens is 2. The lowest BCUT2D eigenvalue weighted by Gasteiger charge is -2.23. The van der Waals surface area contributed by atoms with Crippen LogP contribution >= 0.6 is 0 Å². The maximum absolute atomic E-state index is 12.6. The third-order valence-electron chi connectivity index (χ3n) is 6.52. The molecule has 1 saturated carbocycles. The fourth-order valence-corrected chi connectivity index (χ4v) is 4.79. The van der Waals surface area contributed by atoms with E-state index in [4.69, 9.17) is 0 Å². The van der Waals surface area contributed by atoms with Gasteiger partial charge in [0.1, 0.15) is 5.82 Å². The number of benzene rings is 1. The van der Waals surface area contributed by atoms with Gasteiger partial charge in [0.15, 0.2) is 0 Å². The summed E-state index contributed by atoms with van der Waals surface area (Å²) < 4.78 is 2.34. The van der Waals surface area contributed by atoms with Gasteiger partial charge in [-0.3, -0.25) is 4.79 Å². The number of amides is 1. The Labute approximate surface area is 154 Å². The average molecular weight is 350 g/mol. The minimum Gasteiger partial charge on any atom is -0.328 e. The SMILES string of the molecule is O=C(Nc1ccc(-c2ncc3n2CCCC3)cc1)C1CC12CCNCC2. The van der Waals surface area contributed by atoms with E-state index in [2.05, 4.69) is 32.3 Å². The third-order valence-corrected chi connectivity index (χ3v) is 6.52. The van der Waals surface area contributed by atoms with E-state index in [0.717, 1.165) is 62.4 Å². The Hall–Kier alpha value is -2.14. The standard InChI is InChI=1S/C21H26N4O/c26-20(18-13-21(18)8-10-22-11-9-21)24-16-6-4-15(5-7-16)19-23-14-17-3-1-2-12-25(17)19/h4-7,14,18,22H,1-3,8-13H2,(H,24,26). The Balaban J connectivity index is 1.27. The zero-order valence-corrected chi connectivity index (χ0v) is 15.1. The molecule has 1 spiro atoms. The van der Waals surface area contributed by atoms with Gasteiger partial charge in [-0.25, -0.2) is 4.98 Å². The first-order valence-corrected chi connectivity index (χ1v) is 9.92. The zero-order chi connectivity index (χ0) is 17.6. The molecule has 136 valence electrons. The van der Waals surface area contributed by atoms with Crippen LogP contribution in [0.25, 0.3) is 11.4 Å². The van der Waals surface area contributed by atoms with E-state index in [0.29, 0.717) is 0 Å². The molecule has 1 aromatic heterocycles. The summed E-state index contributed by atoms with van der Waals surface area (Å²) in [4.78, 5) is 17.2. The number of rotatable bonds is 3. The number of imidazole rings is 1. The maximum atomic E-state index is 12.6. The summed E-state index contributed by atoms with van der Waals surface area (Å²) in [6.45, 7) is 3.15. The molecule has 2 aromatic rings. The summed E-state index contributed by atoms with van der Waals surface area (Å²) in [6.07, 6.45) is 8.94. The van der Waals surface area contributed by atoms with Crippen molar-refractivity contribution in [1.29, 1.82) is 0 Å². The van der Waals surface area contributed by atoms with E-state index in [-0.39, 0.29) is 17.2 Å². The predicted molar refractivity (Wildman–Crippen MR) is 102 cm³/mol. The molecule has 5 rings (SSSR count). The molecule has 2 aliphatic heterocycles. The van der Waals surface area contributed by atoms with Gasteiger partial charge in [-0.1, -0.05) is 0 Å². The topological polar surface area (TPSA) is 59.0 Å². The predicted octanol–water partition coefficient (Wildman–Crippen LogP) is 3.21. The number of hydrogen-bond donors (Lipinski definition) is 2. The molecule has 0 radical (unpaired) electrons. The highest BCUT2D eigenvalue weighted by Crippen LogP contribution is 2.58. The van der Waals surface area contributed by atoms with Gasteiger partial charge in [-0.2, -0.15) is 0 Å². The van der Waals surface area contributed by atoms with E-state index < -0.39 is 0 Å². The highest BCUT2D eigenvalue weighted by molar-refractivity contribution is 5.95. The van der Waals surface area contributed by atoms with Crippen LogP contribution in [-0.2, 0) is 17.8 Å². The molecular weight excluding hydrogens is 324 g/mol. The van der Waals surface area contributed by atoms with Crippen molar-refractivity contribution in [3.63, 3.8) is 0 Å². The molecule has 5 nitrogen and oxygen atoms in total. The summed E-state index contributed by atoms with van der Waals surface area (Å²) in [7, 11) is 0. The molecule has 3 aliphatic rings. The number of aryl methyl sites for hydroxylation is 1. The monoisotopic (exact) mass is 350 g/mol. The van der Waals surface area contributed by atoms with E-state index >= 15 is 0 Å². The number of nitrogens with zero attached hydrogens (tertiary/aromatic N) is 2. The van der Waals surface area contributed by atoms with E-state index in [1.54, 1.807) is 0 Å². The van der Waals surface area contributed by atoms with Gasteiger partial charge < -0.3 is 15.2 Å². The average Bonchev–Trinajstić information content (AvgIpc) is 3.20. The first-order valence-electron chi connectivity index (χ1n) is 9.92. The van der Waals surface area contributed by atoms with Crippen LogP contribution in [0, 0.1) is 11.3 Å². The van der Waals surface area contributed by atoms with Crippen molar-refractivity contribution in [3.8, 4) is 11.4 Å². The second-order valence-electron chi connectivity index (χ2n) is 8.12. The summed E-state index contributed by atoms with van der Waals surface area (Å²) in [5.74, 6) is 1.44.